The molecule has 0 aliphatic heterocycles. The third-order valence-electron chi connectivity index (χ3n) is 4.77. The summed E-state index contributed by atoms with van der Waals surface area (Å²) in [5.41, 5.74) is -0.210. The highest BCUT2D eigenvalue weighted by atomic mass is 35.5. The molecule has 202 valence electrons. The van der Waals surface area contributed by atoms with Crippen LogP contribution in [0.1, 0.15) is 64.4 Å². The van der Waals surface area contributed by atoms with E-state index in [9.17, 15) is 19.2 Å². The second-order valence-corrected chi connectivity index (χ2v) is 10.8. The molecule has 0 fully saturated rings. The van der Waals surface area contributed by atoms with Crippen LogP contribution in [-0.2, 0) is 32.0 Å². The zero-order valence-electron chi connectivity index (χ0n) is 22.4. The molecule has 0 bridgehead atoms. The van der Waals surface area contributed by atoms with Crippen molar-refractivity contribution in [1.29, 1.82) is 0 Å². The molecular formula is C27H35ClN2O7. The van der Waals surface area contributed by atoms with E-state index >= 15 is 0 Å². The maximum Gasteiger partial charge on any atom is 0.407 e. The monoisotopic (exact) mass is 534 g/mol. The number of aromatic nitrogens is 1. The minimum absolute atomic E-state index is 0.0913. The zero-order chi connectivity index (χ0) is 28.0. The minimum atomic E-state index is -0.729. The Hall–Kier alpha value is -3.33. The average molecular weight is 535 g/mol. The van der Waals surface area contributed by atoms with Gasteiger partial charge in [-0.15, -0.1) is 0 Å². The second kappa shape index (κ2) is 12.3. The number of pyridine rings is 1. The van der Waals surface area contributed by atoms with Crippen LogP contribution in [-0.4, -0.2) is 47.0 Å². The fourth-order valence-electron chi connectivity index (χ4n) is 3.43. The summed E-state index contributed by atoms with van der Waals surface area (Å²) >= 11 is 6.27. The number of nitrogens with one attached hydrogen (secondary N) is 1. The Morgan fingerprint density at radius 2 is 1.62 bits per heavy atom. The van der Waals surface area contributed by atoms with Gasteiger partial charge in [-0.1, -0.05) is 17.7 Å². The van der Waals surface area contributed by atoms with Gasteiger partial charge in [0.1, 0.15) is 17.7 Å². The summed E-state index contributed by atoms with van der Waals surface area (Å²) in [6, 6.07) is 6.35. The van der Waals surface area contributed by atoms with Crippen molar-refractivity contribution in [2.24, 2.45) is 0 Å². The number of carbonyl (C=O) groups is 3. The Morgan fingerprint density at radius 3 is 2.22 bits per heavy atom. The molecule has 1 heterocycles. The van der Waals surface area contributed by atoms with Crippen LogP contribution in [0.2, 0.25) is 5.02 Å². The Morgan fingerprint density at radius 1 is 0.973 bits per heavy atom. The summed E-state index contributed by atoms with van der Waals surface area (Å²) in [6.07, 6.45) is 1.11. The third-order valence-corrected chi connectivity index (χ3v) is 5.00. The molecule has 1 amide bonds. The van der Waals surface area contributed by atoms with Crippen LogP contribution in [0.25, 0.3) is 11.1 Å². The SMILES string of the molecule is CCOC(=O)c1cn(CC(=O)OC(C)(C)C)c(=O)cc1-c1cc(Cl)ccc1CCNC(=O)OC(C)(C)C. The molecule has 0 aliphatic rings. The molecule has 0 atom stereocenters. The molecule has 37 heavy (non-hydrogen) atoms. The van der Waals surface area contributed by atoms with Crippen molar-refractivity contribution in [3.05, 3.63) is 57.0 Å². The van der Waals surface area contributed by atoms with Gasteiger partial charge < -0.3 is 24.1 Å². The highest BCUT2D eigenvalue weighted by molar-refractivity contribution is 6.31. The highest BCUT2D eigenvalue weighted by Gasteiger charge is 2.22. The van der Waals surface area contributed by atoms with Crippen molar-refractivity contribution in [3.8, 4) is 11.1 Å². The lowest BCUT2D eigenvalue weighted by Gasteiger charge is -2.21. The van der Waals surface area contributed by atoms with Gasteiger partial charge >= 0.3 is 18.0 Å². The van der Waals surface area contributed by atoms with Gasteiger partial charge in [-0.2, -0.15) is 0 Å². The Bertz CT molecular complexity index is 1210. The topological polar surface area (TPSA) is 113 Å². The molecule has 1 N–H and O–H groups in total. The van der Waals surface area contributed by atoms with Crippen molar-refractivity contribution in [2.75, 3.05) is 13.2 Å². The minimum Gasteiger partial charge on any atom is -0.462 e. The number of halogens is 1. The molecule has 0 aliphatic carbocycles. The first-order valence-electron chi connectivity index (χ1n) is 12.0. The van der Waals surface area contributed by atoms with E-state index in [0.29, 0.717) is 22.6 Å². The smallest absolute Gasteiger partial charge is 0.407 e. The van der Waals surface area contributed by atoms with E-state index in [1.807, 2.05) is 0 Å². The zero-order valence-corrected chi connectivity index (χ0v) is 23.2. The quantitative estimate of drug-likeness (QED) is 0.384. The molecule has 0 saturated carbocycles. The number of hydrogen-bond donors (Lipinski definition) is 1. The maximum atomic E-state index is 13.0. The van der Waals surface area contributed by atoms with Gasteiger partial charge in [0.15, 0.2) is 0 Å². The van der Waals surface area contributed by atoms with Crippen LogP contribution < -0.4 is 10.9 Å². The summed E-state index contributed by atoms with van der Waals surface area (Å²) in [5, 5.41) is 3.09. The van der Waals surface area contributed by atoms with Crippen LogP contribution in [0.15, 0.2) is 35.3 Å². The van der Waals surface area contributed by atoms with E-state index in [2.05, 4.69) is 5.32 Å². The molecule has 0 unspecified atom stereocenters. The summed E-state index contributed by atoms with van der Waals surface area (Å²) in [5.74, 6) is -1.28. The van der Waals surface area contributed by atoms with E-state index < -0.39 is 34.8 Å². The lowest BCUT2D eigenvalue weighted by Crippen LogP contribution is -2.33. The fourth-order valence-corrected chi connectivity index (χ4v) is 3.61. The van der Waals surface area contributed by atoms with Crippen molar-refractivity contribution in [2.45, 2.75) is 72.6 Å². The predicted molar refractivity (Wildman–Crippen MR) is 141 cm³/mol. The summed E-state index contributed by atoms with van der Waals surface area (Å²) < 4.78 is 16.9. The molecule has 1 aromatic heterocycles. The number of hydrogen-bond acceptors (Lipinski definition) is 7. The third kappa shape index (κ3) is 9.57. The predicted octanol–water partition coefficient (Wildman–Crippen LogP) is 4.75. The normalized spacial score (nSPS) is 11.6. The Kier molecular flexibility index (Phi) is 9.92. The number of ether oxygens (including phenoxy) is 3. The number of amides is 1. The number of benzene rings is 1. The van der Waals surface area contributed by atoms with Crippen LogP contribution in [0.4, 0.5) is 4.79 Å². The lowest BCUT2D eigenvalue weighted by molar-refractivity contribution is -0.155. The van der Waals surface area contributed by atoms with Gasteiger partial charge in [-0.05, 0) is 78.1 Å². The van der Waals surface area contributed by atoms with Gasteiger partial charge in [-0.25, -0.2) is 9.59 Å². The van der Waals surface area contributed by atoms with Crippen molar-refractivity contribution in [3.63, 3.8) is 0 Å². The summed E-state index contributed by atoms with van der Waals surface area (Å²) in [6.45, 7) is 12.1. The number of carbonyl (C=O) groups excluding carboxylic acids is 3. The van der Waals surface area contributed by atoms with Crippen LogP contribution in [0, 0.1) is 0 Å². The molecule has 0 radical (unpaired) electrons. The molecule has 0 spiro atoms. The summed E-state index contributed by atoms with van der Waals surface area (Å²) in [7, 11) is 0. The highest BCUT2D eigenvalue weighted by Crippen LogP contribution is 2.30. The Labute approximate surface area is 222 Å². The van der Waals surface area contributed by atoms with Crippen molar-refractivity contribution < 1.29 is 28.6 Å². The first-order chi connectivity index (χ1) is 17.1. The van der Waals surface area contributed by atoms with Gasteiger partial charge in [0.05, 0.1) is 12.2 Å². The van der Waals surface area contributed by atoms with Gasteiger partial charge in [0.25, 0.3) is 5.56 Å². The van der Waals surface area contributed by atoms with Crippen LogP contribution >= 0.6 is 11.6 Å². The molecule has 2 aromatic rings. The molecular weight excluding hydrogens is 500 g/mol. The number of rotatable bonds is 8. The molecule has 10 heteroatoms. The van der Waals surface area contributed by atoms with Gasteiger partial charge in [0, 0.05) is 29.4 Å². The van der Waals surface area contributed by atoms with E-state index in [4.69, 9.17) is 25.8 Å². The molecule has 2 rings (SSSR count). The molecule has 0 saturated heterocycles. The van der Waals surface area contributed by atoms with Gasteiger partial charge in [0.2, 0.25) is 0 Å². The van der Waals surface area contributed by atoms with E-state index in [1.54, 1.807) is 66.7 Å². The number of alkyl carbamates (subject to hydrolysis) is 1. The molecule has 9 nitrogen and oxygen atoms in total. The fraction of sp³-hybridized carbons (Fsp3) is 0.481. The van der Waals surface area contributed by atoms with E-state index in [-0.39, 0.29) is 25.3 Å². The number of nitrogens with zero attached hydrogens (tertiary/aromatic N) is 1. The van der Waals surface area contributed by atoms with E-state index in [0.717, 1.165) is 10.1 Å². The standard InChI is InChI=1S/C27H35ClN2O7/c1-8-35-24(33)21-15-30(16-23(32)36-26(2,3)4)22(31)14-20(21)19-13-18(28)10-9-17(19)11-12-29-25(34)37-27(5,6)7/h9-10,13-15H,8,11-12,16H2,1-7H3,(H,29,34). The Balaban J connectivity index is 2.46. The maximum absolute atomic E-state index is 13.0. The molecule has 1 aromatic carbocycles. The first kappa shape index (κ1) is 29.9. The van der Waals surface area contributed by atoms with Crippen molar-refractivity contribution in [1.82, 2.24) is 9.88 Å². The largest absolute Gasteiger partial charge is 0.462 e. The average Bonchev–Trinajstić information content (AvgIpc) is 2.73. The number of esters is 2. The van der Waals surface area contributed by atoms with Crippen molar-refractivity contribution >= 4 is 29.6 Å². The van der Waals surface area contributed by atoms with Crippen LogP contribution in [0.5, 0.6) is 0 Å². The second-order valence-electron chi connectivity index (χ2n) is 10.4. The van der Waals surface area contributed by atoms with Gasteiger partial charge in [-0.3, -0.25) is 9.59 Å². The summed E-state index contributed by atoms with van der Waals surface area (Å²) in [4.78, 5) is 50.2. The van der Waals surface area contributed by atoms with Crippen LogP contribution in [0.3, 0.4) is 0 Å². The first-order valence-corrected chi connectivity index (χ1v) is 12.4. The lowest BCUT2D eigenvalue weighted by atomic mass is 9.95. The van der Waals surface area contributed by atoms with E-state index in [1.165, 1.54) is 12.3 Å².